The van der Waals surface area contributed by atoms with Gasteiger partial charge in [0, 0.05) is 30.3 Å². The minimum atomic E-state index is 0.855. The third-order valence-electron chi connectivity index (χ3n) is 3.24. The van der Waals surface area contributed by atoms with E-state index in [0.29, 0.717) is 0 Å². The Morgan fingerprint density at radius 1 is 1.14 bits per heavy atom. The molecule has 112 valence electrons. The molecule has 1 heterocycles. The molecule has 3 nitrogen and oxygen atoms in total. The van der Waals surface area contributed by atoms with Crippen molar-refractivity contribution in [2.24, 2.45) is 0 Å². The first-order chi connectivity index (χ1) is 10.2. The van der Waals surface area contributed by atoms with Crippen molar-refractivity contribution in [3.63, 3.8) is 0 Å². The lowest BCUT2D eigenvalue weighted by atomic mass is 10.2. The van der Waals surface area contributed by atoms with Crippen LogP contribution in [0.3, 0.4) is 0 Å². The zero-order valence-electron chi connectivity index (χ0n) is 12.6. The van der Waals surface area contributed by atoms with Gasteiger partial charge < -0.3 is 5.32 Å². The van der Waals surface area contributed by atoms with Gasteiger partial charge in [0.2, 0.25) is 0 Å². The molecule has 0 atom stereocenters. The lowest BCUT2D eigenvalue weighted by Gasteiger charge is -2.16. The van der Waals surface area contributed by atoms with Gasteiger partial charge in [-0.2, -0.15) is 0 Å². The molecule has 0 aliphatic rings. The maximum Gasteiger partial charge on any atom is 0.0544 e. The van der Waals surface area contributed by atoms with Gasteiger partial charge in [-0.15, -0.1) is 0 Å². The topological polar surface area (TPSA) is 28.2 Å². The molecule has 21 heavy (non-hydrogen) atoms. The minimum Gasteiger partial charge on any atom is -0.313 e. The van der Waals surface area contributed by atoms with Gasteiger partial charge in [-0.25, -0.2) is 0 Å². The van der Waals surface area contributed by atoms with Gasteiger partial charge in [0.25, 0.3) is 0 Å². The van der Waals surface area contributed by atoms with Crippen molar-refractivity contribution in [3.05, 3.63) is 63.9 Å². The second kappa shape index (κ2) is 8.27. The van der Waals surface area contributed by atoms with Crippen LogP contribution in [-0.2, 0) is 19.6 Å². The van der Waals surface area contributed by atoms with Crippen molar-refractivity contribution in [2.75, 3.05) is 13.6 Å². The number of pyridine rings is 1. The SMILES string of the molecule is CCNCc1ccc(CN(C)Cc2cccc(Br)c2)nc1. The van der Waals surface area contributed by atoms with E-state index in [1.807, 2.05) is 12.3 Å². The Kier molecular flexibility index (Phi) is 6.36. The van der Waals surface area contributed by atoms with Crippen LogP contribution in [0.15, 0.2) is 47.1 Å². The Labute approximate surface area is 135 Å². The van der Waals surface area contributed by atoms with Gasteiger partial charge in [0.15, 0.2) is 0 Å². The second-order valence-electron chi connectivity index (χ2n) is 5.24. The van der Waals surface area contributed by atoms with Crippen molar-refractivity contribution in [1.82, 2.24) is 15.2 Å². The van der Waals surface area contributed by atoms with Crippen LogP contribution in [0, 0.1) is 0 Å². The Balaban J connectivity index is 1.88. The van der Waals surface area contributed by atoms with Gasteiger partial charge in [-0.3, -0.25) is 9.88 Å². The number of aromatic nitrogens is 1. The molecule has 0 bridgehead atoms. The molecule has 2 aromatic rings. The molecular weight excluding hydrogens is 326 g/mol. The molecule has 0 aliphatic heterocycles. The van der Waals surface area contributed by atoms with Gasteiger partial charge in [0.1, 0.15) is 0 Å². The van der Waals surface area contributed by atoms with E-state index < -0.39 is 0 Å². The van der Waals surface area contributed by atoms with Crippen LogP contribution in [0.2, 0.25) is 0 Å². The molecule has 4 heteroatoms. The fourth-order valence-corrected chi connectivity index (χ4v) is 2.65. The van der Waals surface area contributed by atoms with Crippen LogP contribution >= 0.6 is 15.9 Å². The van der Waals surface area contributed by atoms with Crippen LogP contribution in [0.1, 0.15) is 23.7 Å². The molecule has 0 unspecified atom stereocenters. The van der Waals surface area contributed by atoms with Crippen LogP contribution in [0.5, 0.6) is 0 Å². The maximum absolute atomic E-state index is 4.54. The molecule has 0 saturated carbocycles. The minimum absolute atomic E-state index is 0.855. The van der Waals surface area contributed by atoms with Crippen molar-refractivity contribution in [3.8, 4) is 0 Å². The highest BCUT2D eigenvalue weighted by Crippen LogP contribution is 2.14. The standard InChI is InChI=1S/C17H22BrN3/c1-3-19-10-15-7-8-17(20-11-15)13-21(2)12-14-5-4-6-16(18)9-14/h4-9,11,19H,3,10,12-13H2,1-2H3. The number of benzene rings is 1. The molecule has 1 aromatic carbocycles. The van der Waals surface area contributed by atoms with E-state index in [4.69, 9.17) is 0 Å². The molecule has 1 aromatic heterocycles. The Morgan fingerprint density at radius 3 is 2.67 bits per heavy atom. The van der Waals surface area contributed by atoms with Crippen molar-refractivity contribution >= 4 is 15.9 Å². The summed E-state index contributed by atoms with van der Waals surface area (Å²) in [6.07, 6.45) is 1.96. The van der Waals surface area contributed by atoms with E-state index in [9.17, 15) is 0 Å². The second-order valence-corrected chi connectivity index (χ2v) is 6.16. The smallest absolute Gasteiger partial charge is 0.0544 e. The molecule has 0 radical (unpaired) electrons. The summed E-state index contributed by atoms with van der Waals surface area (Å²) in [5.74, 6) is 0. The third kappa shape index (κ3) is 5.58. The Bertz CT molecular complexity index is 554. The summed E-state index contributed by atoms with van der Waals surface area (Å²) >= 11 is 3.51. The summed E-state index contributed by atoms with van der Waals surface area (Å²) in [5, 5.41) is 3.31. The molecule has 0 spiro atoms. The first-order valence-corrected chi connectivity index (χ1v) is 8.04. The number of rotatable bonds is 7. The van der Waals surface area contributed by atoms with Gasteiger partial charge >= 0.3 is 0 Å². The predicted molar refractivity (Wildman–Crippen MR) is 90.9 cm³/mol. The Morgan fingerprint density at radius 2 is 2.00 bits per heavy atom. The fraction of sp³-hybridized carbons (Fsp3) is 0.353. The molecule has 0 amide bonds. The van der Waals surface area contributed by atoms with Gasteiger partial charge in [-0.1, -0.05) is 41.1 Å². The predicted octanol–water partition coefficient (Wildman–Crippen LogP) is 3.59. The summed E-state index contributed by atoms with van der Waals surface area (Å²) in [6.45, 7) is 5.75. The third-order valence-corrected chi connectivity index (χ3v) is 3.73. The number of nitrogens with zero attached hydrogens (tertiary/aromatic N) is 2. The molecule has 0 fully saturated rings. The number of halogens is 1. The molecule has 0 saturated heterocycles. The molecule has 1 N–H and O–H groups in total. The van der Waals surface area contributed by atoms with Crippen LogP contribution in [0.25, 0.3) is 0 Å². The molecular formula is C17H22BrN3. The maximum atomic E-state index is 4.54. The molecule has 2 rings (SSSR count). The number of nitrogens with one attached hydrogen (secondary N) is 1. The summed E-state index contributed by atoms with van der Waals surface area (Å²) in [4.78, 5) is 6.81. The van der Waals surface area contributed by atoms with Gasteiger partial charge in [0.05, 0.1) is 5.69 Å². The lowest BCUT2D eigenvalue weighted by Crippen LogP contribution is -2.18. The highest BCUT2D eigenvalue weighted by atomic mass is 79.9. The van der Waals surface area contributed by atoms with E-state index >= 15 is 0 Å². The van der Waals surface area contributed by atoms with Crippen molar-refractivity contribution < 1.29 is 0 Å². The zero-order chi connectivity index (χ0) is 15.1. The average molecular weight is 348 g/mol. The molecule has 0 aliphatic carbocycles. The fourth-order valence-electron chi connectivity index (χ4n) is 2.20. The normalized spacial score (nSPS) is 11.0. The number of hydrogen-bond acceptors (Lipinski definition) is 3. The highest BCUT2D eigenvalue weighted by Gasteiger charge is 2.03. The van der Waals surface area contributed by atoms with E-state index in [2.05, 4.69) is 75.4 Å². The summed E-state index contributed by atoms with van der Waals surface area (Å²) < 4.78 is 1.12. The van der Waals surface area contributed by atoms with E-state index in [0.717, 1.165) is 36.3 Å². The van der Waals surface area contributed by atoms with Crippen molar-refractivity contribution in [1.29, 1.82) is 0 Å². The highest BCUT2D eigenvalue weighted by molar-refractivity contribution is 9.10. The van der Waals surface area contributed by atoms with Crippen LogP contribution in [0.4, 0.5) is 0 Å². The average Bonchev–Trinajstić information content (AvgIpc) is 2.46. The lowest BCUT2D eigenvalue weighted by molar-refractivity contribution is 0.315. The van der Waals surface area contributed by atoms with E-state index in [1.54, 1.807) is 0 Å². The number of hydrogen-bond donors (Lipinski definition) is 1. The van der Waals surface area contributed by atoms with E-state index in [-0.39, 0.29) is 0 Å². The first-order valence-electron chi connectivity index (χ1n) is 7.25. The van der Waals surface area contributed by atoms with Crippen molar-refractivity contribution in [2.45, 2.75) is 26.6 Å². The monoisotopic (exact) mass is 347 g/mol. The summed E-state index contributed by atoms with van der Waals surface area (Å²) in [5.41, 5.74) is 3.64. The zero-order valence-corrected chi connectivity index (χ0v) is 14.2. The quantitative estimate of drug-likeness (QED) is 0.829. The Hall–Kier alpha value is -1.23. The van der Waals surface area contributed by atoms with Crippen LogP contribution < -0.4 is 5.32 Å². The largest absolute Gasteiger partial charge is 0.313 e. The summed E-state index contributed by atoms with van der Waals surface area (Å²) in [6, 6.07) is 12.7. The van der Waals surface area contributed by atoms with Crippen LogP contribution in [-0.4, -0.2) is 23.5 Å². The summed E-state index contributed by atoms with van der Waals surface area (Å²) in [7, 11) is 2.12. The van der Waals surface area contributed by atoms with Gasteiger partial charge in [-0.05, 0) is 42.9 Å². The van der Waals surface area contributed by atoms with E-state index in [1.165, 1.54) is 11.1 Å². The first kappa shape index (κ1) is 16.1.